The van der Waals surface area contributed by atoms with Crippen molar-refractivity contribution in [2.45, 2.75) is 200 Å². The largest absolute Gasteiger partial charge is 0.472 e. The van der Waals surface area contributed by atoms with Crippen LogP contribution in [0, 0.1) is 0 Å². The normalized spacial score (nSPS) is 13.8. The summed E-state index contributed by atoms with van der Waals surface area (Å²) >= 11 is 0. The number of nitrogens with zero attached hydrogens (tertiary/aromatic N) is 1. The fourth-order valence-electron chi connectivity index (χ4n) is 5.94. The number of phosphoric ester groups is 1. The summed E-state index contributed by atoms with van der Waals surface area (Å²) in [6.07, 6.45) is 39.4. The van der Waals surface area contributed by atoms with Crippen LogP contribution >= 0.6 is 7.82 Å². The molecule has 2 atom stereocenters. The minimum absolute atomic E-state index is 0.0279. The van der Waals surface area contributed by atoms with Gasteiger partial charge < -0.3 is 18.9 Å². The molecule has 0 heterocycles. The van der Waals surface area contributed by atoms with E-state index in [0.717, 1.165) is 51.4 Å². The van der Waals surface area contributed by atoms with Crippen LogP contribution in [0.15, 0.2) is 24.3 Å². The van der Waals surface area contributed by atoms with Crippen molar-refractivity contribution in [2.24, 2.45) is 0 Å². The number of ether oxygens (including phenoxy) is 2. The molecule has 0 bridgehead atoms. The maximum Gasteiger partial charge on any atom is 0.472 e. The van der Waals surface area contributed by atoms with Crippen molar-refractivity contribution in [3.8, 4) is 0 Å². The van der Waals surface area contributed by atoms with Crippen LogP contribution in [-0.2, 0) is 32.7 Å². The van der Waals surface area contributed by atoms with Crippen molar-refractivity contribution in [1.29, 1.82) is 0 Å². The van der Waals surface area contributed by atoms with E-state index in [1.807, 2.05) is 21.1 Å². The van der Waals surface area contributed by atoms with Crippen LogP contribution in [0.2, 0.25) is 0 Å². The number of phosphoric acid groups is 1. The van der Waals surface area contributed by atoms with Gasteiger partial charge in [0, 0.05) is 12.8 Å². The number of esters is 2. The van der Waals surface area contributed by atoms with Crippen molar-refractivity contribution in [2.75, 3.05) is 47.5 Å². The second-order valence-electron chi connectivity index (χ2n) is 16.1. The second-order valence-corrected chi connectivity index (χ2v) is 17.5. The van der Waals surface area contributed by atoms with Crippen molar-refractivity contribution in [1.82, 2.24) is 0 Å². The molecular weight excluding hydrogens is 701 g/mol. The zero-order valence-corrected chi connectivity index (χ0v) is 36.6. The van der Waals surface area contributed by atoms with E-state index < -0.39 is 26.5 Å². The summed E-state index contributed by atoms with van der Waals surface area (Å²) in [7, 11) is 1.46. The third kappa shape index (κ3) is 40.2. The highest BCUT2D eigenvalue weighted by molar-refractivity contribution is 7.47. The Bertz CT molecular complexity index is 980. The Morgan fingerprint density at radius 1 is 0.556 bits per heavy atom. The van der Waals surface area contributed by atoms with Gasteiger partial charge in [-0.1, -0.05) is 141 Å². The average molecular weight is 787 g/mol. The predicted octanol–water partition coefficient (Wildman–Crippen LogP) is 12.4. The predicted molar refractivity (Wildman–Crippen MR) is 224 cm³/mol. The summed E-state index contributed by atoms with van der Waals surface area (Å²) in [5.41, 5.74) is 0. The summed E-state index contributed by atoms with van der Waals surface area (Å²) in [5.74, 6) is -0.831. The minimum Gasteiger partial charge on any atom is -0.462 e. The molecule has 54 heavy (non-hydrogen) atoms. The number of likely N-dealkylation sites (N-methyl/N-ethyl adjacent to an activating group) is 1. The Hall–Kier alpha value is -1.51. The topological polar surface area (TPSA) is 108 Å². The molecule has 10 heteroatoms. The summed E-state index contributed by atoms with van der Waals surface area (Å²) in [4.78, 5) is 35.3. The van der Waals surface area contributed by atoms with Crippen LogP contribution in [0.5, 0.6) is 0 Å². The number of unbranched alkanes of at least 4 members (excludes halogenated alkanes) is 22. The highest BCUT2D eigenvalue weighted by Gasteiger charge is 2.27. The fraction of sp³-hybridized carbons (Fsp3) is 0.864. The van der Waals surface area contributed by atoms with E-state index in [4.69, 9.17) is 18.5 Å². The van der Waals surface area contributed by atoms with Crippen LogP contribution in [0.1, 0.15) is 194 Å². The molecule has 0 aromatic carbocycles. The number of rotatable bonds is 40. The lowest BCUT2D eigenvalue weighted by molar-refractivity contribution is -0.870. The number of carbonyl (C=O) groups is 2. The molecule has 1 unspecified atom stereocenters. The number of hydrogen-bond acceptors (Lipinski definition) is 7. The summed E-state index contributed by atoms with van der Waals surface area (Å²) in [6.45, 7) is 4.39. The molecule has 0 rings (SSSR count). The number of hydrogen-bond donors (Lipinski definition) is 1. The van der Waals surface area contributed by atoms with Gasteiger partial charge in [0.25, 0.3) is 0 Å². The molecule has 0 aliphatic heterocycles. The molecule has 0 aromatic rings. The Labute approximate surface area is 332 Å². The summed E-state index contributed by atoms with van der Waals surface area (Å²) < 4.78 is 34.3. The molecule has 0 saturated heterocycles. The molecule has 9 nitrogen and oxygen atoms in total. The molecule has 0 radical (unpaired) electrons. The van der Waals surface area contributed by atoms with E-state index >= 15 is 0 Å². The third-order valence-corrected chi connectivity index (χ3v) is 10.4. The molecule has 1 N–H and O–H groups in total. The van der Waals surface area contributed by atoms with Gasteiger partial charge in [-0.15, -0.1) is 0 Å². The Morgan fingerprint density at radius 3 is 1.37 bits per heavy atom. The van der Waals surface area contributed by atoms with E-state index in [-0.39, 0.29) is 32.0 Å². The molecule has 0 aromatic heterocycles. The van der Waals surface area contributed by atoms with Gasteiger partial charge in [-0.25, -0.2) is 4.57 Å². The lowest BCUT2D eigenvalue weighted by Gasteiger charge is -2.24. The van der Waals surface area contributed by atoms with Gasteiger partial charge in [-0.05, 0) is 64.2 Å². The number of carbonyl (C=O) groups excluding carboxylic acids is 2. The van der Waals surface area contributed by atoms with Crippen LogP contribution in [0.3, 0.4) is 0 Å². The zero-order chi connectivity index (χ0) is 40.0. The fourth-order valence-corrected chi connectivity index (χ4v) is 6.69. The van der Waals surface area contributed by atoms with Crippen LogP contribution in [-0.4, -0.2) is 74.9 Å². The van der Waals surface area contributed by atoms with Gasteiger partial charge in [0.05, 0.1) is 27.7 Å². The van der Waals surface area contributed by atoms with Crippen molar-refractivity contribution >= 4 is 19.8 Å². The van der Waals surface area contributed by atoms with Crippen LogP contribution < -0.4 is 0 Å². The van der Waals surface area contributed by atoms with Gasteiger partial charge in [0.2, 0.25) is 0 Å². The maximum atomic E-state index is 12.7. The van der Waals surface area contributed by atoms with Gasteiger partial charge in [-0.3, -0.25) is 18.6 Å². The molecule has 0 aliphatic carbocycles. The number of quaternary nitrogens is 1. The zero-order valence-electron chi connectivity index (χ0n) is 35.7. The smallest absolute Gasteiger partial charge is 0.462 e. The first-order valence-electron chi connectivity index (χ1n) is 22.1. The van der Waals surface area contributed by atoms with Crippen molar-refractivity contribution in [3.05, 3.63) is 24.3 Å². The molecule has 0 amide bonds. The van der Waals surface area contributed by atoms with E-state index in [0.29, 0.717) is 23.9 Å². The Balaban J connectivity index is 4.40. The van der Waals surface area contributed by atoms with Gasteiger partial charge in [0.1, 0.15) is 19.8 Å². The SMILES string of the molecule is CCCCCCCCCC/C=C/CCCCCC(=O)OC[C@H](COP(=O)(O)OCC[N+](C)(C)C)OC(=O)CCCCC/C=C/CCCCCCCCCC. The Morgan fingerprint density at radius 2 is 0.944 bits per heavy atom. The average Bonchev–Trinajstić information content (AvgIpc) is 3.12. The summed E-state index contributed by atoms with van der Waals surface area (Å²) in [6, 6.07) is 0. The Kier molecular flexibility index (Phi) is 36.1. The molecule has 0 spiro atoms. The van der Waals surface area contributed by atoms with Gasteiger partial charge >= 0.3 is 19.8 Å². The van der Waals surface area contributed by atoms with Crippen molar-refractivity contribution < 1.29 is 42.1 Å². The molecule has 0 saturated carbocycles. The molecule has 318 valence electrons. The second kappa shape index (κ2) is 37.1. The minimum atomic E-state index is -4.38. The highest BCUT2D eigenvalue weighted by atomic mass is 31.2. The van der Waals surface area contributed by atoms with E-state index in [9.17, 15) is 19.0 Å². The first kappa shape index (κ1) is 52.5. The molecular formula is C44H85NO8P+. The van der Waals surface area contributed by atoms with E-state index in [2.05, 4.69) is 38.2 Å². The lowest BCUT2D eigenvalue weighted by Crippen LogP contribution is -2.37. The first-order valence-corrected chi connectivity index (χ1v) is 23.6. The first-order chi connectivity index (χ1) is 26.0. The van der Waals surface area contributed by atoms with Crippen molar-refractivity contribution in [3.63, 3.8) is 0 Å². The number of allylic oxidation sites excluding steroid dienone is 4. The third-order valence-electron chi connectivity index (χ3n) is 9.45. The monoisotopic (exact) mass is 787 g/mol. The van der Waals surface area contributed by atoms with Crippen LogP contribution in [0.25, 0.3) is 0 Å². The summed E-state index contributed by atoms with van der Waals surface area (Å²) in [5, 5.41) is 0. The standard InChI is InChI=1S/C44H84NO8P/c1-6-8-10-12-14-16-18-20-22-24-26-28-30-32-34-36-43(46)50-40-42(41-52-54(48,49)51-39-38-45(3,4)5)53-44(47)37-35-33-31-29-27-25-23-21-19-17-15-13-11-9-7-2/h24-27,42H,6-23,28-41H2,1-5H3/p+1/b26-24+,27-25+/t42-/m1/s1. The van der Waals surface area contributed by atoms with Crippen LogP contribution in [0.4, 0.5) is 0 Å². The van der Waals surface area contributed by atoms with Gasteiger partial charge in [-0.2, -0.15) is 0 Å². The highest BCUT2D eigenvalue weighted by Crippen LogP contribution is 2.43. The lowest BCUT2D eigenvalue weighted by atomic mass is 10.1. The molecule has 0 aliphatic rings. The quantitative estimate of drug-likeness (QED) is 0.0215. The van der Waals surface area contributed by atoms with E-state index in [1.165, 1.54) is 103 Å². The molecule has 0 fully saturated rings. The van der Waals surface area contributed by atoms with E-state index in [1.54, 1.807) is 0 Å². The maximum absolute atomic E-state index is 12.7. The van der Waals surface area contributed by atoms with Gasteiger partial charge in [0.15, 0.2) is 6.10 Å².